The van der Waals surface area contributed by atoms with Crippen molar-refractivity contribution in [2.75, 3.05) is 6.54 Å². The Labute approximate surface area is 122 Å². The van der Waals surface area contributed by atoms with E-state index >= 15 is 0 Å². The molecule has 0 aliphatic rings. The van der Waals surface area contributed by atoms with Crippen molar-refractivity contribution in [1.82, 2.24) is 5.32 Å². The van der Waals surface area contributed by atoms with Crippen LogP contribution in [0.3, 0.4) is 0 Å². The Morgan fingerprint density at radius 3 is 1.80 bits per heavy atom. The molecule has 0 unspecified atom stereocenters. The van der Waals surface area contributed by atoms with Gasteiger partial charge in [0.05, 0.1) is 0 Å². The number of carbonyl (C=O) groups is 2. The predicted octanol–water partition coefficient (Wildman–Crippen LogP) is 3.66. The Kier molecular flexibility index (Phi) is 11.9. The first-order chi connectivity index (χ1) is 9.54. The van der Waals surface area contributed by atoms with Crippen LogP contribution in [0.2, 0.25) is 0 Å². The number of amides is 1. The van der Waals surface area contributed by atoms with Crippen molar-refractivity contribution in [3.05, 3.63) is 12.2 Å². The lowest BCUT2D eigenvalue weighted by atomic mass is 10.1. The fraction of sp³-hybridized carbons (Fsp3) is 0.750. The van der Waals surface area contributed by atoms with E-state index in [1.54, 1.807) is 6.92 Å². The van der Waals surface area contributed by atoms with Crippen LogP contribution in [0, 0.1) is 0 Å². The summed E-state index contributed by atoms with van der Waals surface area (Å²) in [6.45, 7) is 6.04. The van der Waals surface area contributed by atoms with Crippen LogP contribution >= 0.6 is 0 Å². The van der Waals surface area contributed by atoms with Crippen LogP contribution in [-0.4, -0.2) is 23.5 Å². The molecule has 0 rings (SSSR count). The van der Waals surface area contributed by atoms with E-state index in [4.69, 9.17) is 5.11 Å². The number of hydrogen-bond donors (Lipinski definition) is 2. The van der Waals surface area contributed by atoms with Crippen LogP contribution in [0.1, 0.15) is 71.1 Å². The molecule has 0 fully saturated rings. The van der Waals surface area contributed by atoms with E-state index in [9.17, 15) is 9.59 Å². The molecular weight excluding hydrogens is 254 g/mol. The summed E-state index contributed by atoms with van der Waals surface area (Å²) in [7, 11) is 0. The number of unbranched alkanes of at least 4 members (excludes halogenated alkanes) is 8. The van der Waals surface area contributed by atoms with Gasteiger partial charge < -0.3 is 10.4 Å². The third-order valence-electron chi connectivity index (χ3n) is 3.24. The molecule has 0 saturated carbocycles. The molecule has 4 nitrogen and oxygen atoms in total. The molecule has 0 spiro atoms. The van der Waals surface area contributed by atoms with E-state index < -0.39 is 5.97 Å². The second-order valence-electron chi connectivity index (χ2n) is 5.36. The van der Waals surface area contributed by atoms with Gasteiger partial charge in [0.1, 0.15) is 0 Å². The van der Waals surface area contributed by atoms with Gasteiger partial charge in [0.15, 0.2) is 0 Å². The van der Waals surface area contributed by atoms with Crippen LogP contribution in [0.5, 0.6) is 0 Å². The van der Waals surface area contributed by atoms with Crippen molar-refractivity contribution in [3.63, 3.8) is 0 Å². The van der Waals surface area contributed by atoms with Gasteiger partial charge in [-0.15, -0.1) is 0 Å². The number of carbonyl (C=O) groups excluding carboxylic acids is 1. The van der Waals surface area contributed by atoms with E-state index in [1.807, 2.05) is 0 Å². The van der Waals surface area contributed by atoms with E-state index in [0.717, 1.165) is 38.6 Å². The fourth-order valence-electron chi connectivity index (χ4n) is 1.99. The van der Waals surface area contributed by atoms with Crippen molar-refractivity contribution in [2.45, 2.75) is 71.1 Å². The Morgan fingerprint density at radius 1 is 0.900 bits per heavy atom. The first kappa shape index (κ1) is 18.7. The molecule has 116 valence electrons. The van der Waals surface area contributed by atoms with Gasteiger partial charge in [0.25, 0.3) is 0 Å². The quantitative estimate of drug-likeness (QED) is 0.400. The Bertz CT molecular complexity index is 300. The minimum Gasteiger partial charge on any atom is -0.481 e. The lowest BCUT2D eigenvalue weighted by molar-refractivity contribution is -0.137. The molecule has 2 N–H and O–H groups in total. The Hall–Kier alpha value is -1.32. The summed E-state index contributed by atoms with van der Waals surface area (Å²) in [6, 6.07) is 0. The van der Waals surface area contributed by atoms with Crippen molar-refractivity contribution in [2.24, 2.45) is 0 Å². The summed E-state index contributed by atoms with van der Waals surface area (Å²) >= 11 is 0. The molecule has 0 aliphatic heterocycles. The smallest absolute Gasteiger partial charge is 0.303 e. The third-order valence-corrected chi connectivity index (χ3v) is 3.24. The highest BCUT2D eigenvalue weighted by Crippen LogP contribution is 2.10. The molecule has 0 heterocycles. The van der Waals surface area contributed by atoms with Crippen LogP contribution in [0.15, 0.2) is 12.2 Å². The summed E-state index contributed by atoms with van der Waals surface area (Å²) in [5, 5.41) is 11.3. The summed E-state index contributed by atoms with van der Waals surface area (Å²) in [4.78, 5) is 21.5. The molecule has 1 amide bonds. The summed E-state index contributed by atoms with van der Waals surface area (Å²) in [5.41, 5.74) is 0.563. The van der Waals surface area contributed by atoms with Crippen LogP contribution in [0.25, 0.3) is 0 Å². The zero-order valence-corrected chi connectivity index (χ0v) is 12.7. The molecule has 0 aromatic rings. The molecule has 0 saturated heterocycles. The Balaban J connectivity index is 3.12. The summed E-state index contributed by atoms with van der Waals surface area (Å²) in [5.74, 6) is -0.741. The summed E-state index contributed by atoms with van der Waals surface area (Å²) in [6.07, 6.45) is 10.3. The topological polar surface area (TPSA) is 66.4 Å². The Morgan fingerprint density at radius 2 is 1.35 bits per heavy atom. The molecule has 0 aromatic carbocycles. The molecule has 20 heavy (non-hydrogen) atoms. The third kappa shape index (κ3) is 13.1. The maximum absolute atomic E-state index is 11.2. The van der Waals surface area contributed by atoms with E-state index in [2.05, 4.69) is 11.9 Å². The van der Waals surface area contributed by atoms with Gasteiger partial charge in [-0.2, -0.15) is 0 Å². The zero-order chi connectivity index (χ0) is 15.2. The molecule has 4 heteroatoms. The number of rotatable bonds is 13. The van der Waals surface area contributed by atoms with Gasteiger partial charge in [-0.1, -0.05) is 51.5 Å². The molecule has 0 aromatic heterocycles. The average molecular weight is 283 g/mol. The number of carboxylic acid groups (broad SMARTS) is 1. The monoisotopic (exact) mass is 283 g/mol. The van der Waals surface area contributed by atoms with Crippen molar-refractivity contribution in [1.29, 1.82) is 0 Å². The minimum absolute atomic E-state index is 0.0497. The number of hydrogen-bond acceptors (Lipinski definition) is 2. The van der Waals surface area contributed by atoms with Gasteiger partial charge >= 0.3 is 5.97 Å². The second kappa shape index (κ2) is 12.7. The number of carboxylic acids is 1. The van der Waals surface area contributed by atoms with Crippen LogP contribution in [0.4, 0.5) is 0 Å². The van der Waals surface area contributed by atoms with Crippen molar-refractivity contribution in [3.8, 4) is 0 Å². The van der Waals surface area contributed by atoms with Crippen LogP contribution < -0.4 is 5.32 Å². The molecular formula is C16H29NO3. The standard InChI is InChI=1S/C16H29NO3/c1-14(2)16(20)17-13-11-9-7-5-3-4-6-8-10-12-15(18)19/h1,3-13H2,2H3,(H,17,20)(H,18,19). The van der Waals surface area contributed by atoms with Crippen molar-refractivity contribution < 1.29 is 14.7 Å². The van der Waals surface area contributed by atoms with E-state index in [-0.39, 0.29) is 5.91 Å². The van der Waals surface area contributed by atoms with E-state index in [0.29, 0.717) is 12.0 Å². The zero-order valence-electron chi connectivity index (χ0n) is 12.7. The largest absolute Gasteiger partial charge is 0.481 e. The normalized spacial score (nSPS) is 10.2. The van der Waals surface area contributed by atoms with Gasteiger partial charge in [0.2, 0.25) is 5.91 Å². The highest BCUT2D eigenvalue weighted by atomic mass is 16.4. The first-order valence-corrected chi connectivity index (χ1v) is 7.69. The lowest BCUT2D eigenvalue weighted by Gasteiger charge is -2.04. The number of aliphatic carboxylic acids is 1. The first-order valence-electron chi connectivity index (χ1n) is 7.69. The summed E-state index contributed by atoms with van der Waals surface area (Å²) < 4.78 is 0. The highest BCUT2D eigenvalue weighted by Gasteiger charge is 1.99. The van der Waals surface area contributed by atoms with E-state index in [1.165, 1.54) is 25.7 Å². The second-order valence-corrected chi connectivity index (χ2v) is 5.36. The lowest BCUT2D eigenvalue weighted by Crippen LogP contribution is -2.24. The molecule has 0 aliphatic carbocycles. The maximum Gasteiger partial charge on any atom is 0.303 e. The van der Waals surface area contributed by atoms with Gasteiger partial charge in [-0.05, 0) is 19.8 Å². The average Bonchev–Trinajstić information content (AvgIpc) is 2.39. The fourth-order valence-corrected chi connectivity index (χ4v) is 1.99. The van der Waals surface area contributed by atoms with Crippen LogP contribution in [-0.2, 0) is 9.59 Å². The number of nitrogens with one attached hydrogen (secondary N) is 1. The molecule has 0 atom stereocenters. The maximum atomic E-state index is 11.2. The predicted molar refractivity (Wildman–Crippen MR) is 81.6 cm³/mol. The molecule has 0 bridgehead atoms. The van der Waals surface area contributed by atoms with Gasteiger partial charge in [0, 0.05) is 18.5 Å². The van der Waals surface area contributed by atoms with Crippen molar-refractivity contribution >= 4 is 11.9 Å². The molecule has 0 radical (unpaired) electrons. The minimum atomic E-state index is -0.691. The van der Waals surface area contributed by atoms with Gasteiger partial charge in [-0.25, -0.2) is 0 Å². The highest BCUT2D eigenvalue weighted by molar-refractivity contribution is 5.91. The SMILES string of the molecule is C=C(C)C(=O)NCCCCCCCCCCCC(=O)O. The van der Waals surface area contributed by atoms with Gasteiger partial charge in [-0.3, -0.25) is 9.59 Å².